The van der Waals surface area contributed by atoms with Gasteiger partial charge in [0.25, 0.3) is 0 Å². The van der Waals surface area contributed by atoms with Gasteiger partial charge in [-0.2, -0.15) is 11.8 Å². The van der Waals surface area contributed by atoms with Gasteiger partial charge in [-0.05, 0) is 24.3 Å². The van der Waals surface area contributed by atoms with Crippen LogP contribution in [0.2, 0.25) is 0 Å². The Balaban J connectivity index is 1.97. The molecule has 2 rings (SSSR count). The number of hydrogen-bond donors (Lipinski definition) is 2. The minimum atomic E-state index is 0.160. The zero-order chi connectivity index (χ0) is 12.8. The van der Waals surface area contributed by atoms with Crippen LogP contribution in [0, 0.1) is 0 Å². The van der Waals surface area contributed by atoms with Gasteiger partial charge in [-0.3, -0.25) is 4.90 Å². The highest BCUT2D eigenvalue weighted by atomic mass is 32.2. The first-order valence-electron chi connectivity index (χ1n) is 6.16. The third kappa shape index (κ3) is 3.65. The van der Waals surface area contributed by atoms with E-state index in [0.29, 0.717) is 0 Å². The number of nitrogens with zero attached hydrogens (tertiary/aromatic N) is 2. The molecule has 0 saturated carbocycles. The largest absolute Gasteiger partial charge is 0.409 e. The number of amidine groups is 1. The normalized spacial score (nSPS) is 18.6. The summed E-state index contributed by atoms with van der Waals surface area (Å²) in [5, 5.41) is 11.6. The molecule has 18 heavy (non-hydrogen) atoms. The highest BCUT2D eigenvalue weighted by Gasteiger charge is 2.09. The van der Waals surface area contributed by atoms with Crippen molar-refractivity contribution in [3.05, 3.63) is 35.4 Å². The molecular formula is C13H19N3OS. The van der Waals surface area contributed by atoms with E-state index < -0.39 is 0 Å². The van der Waals surface area contributed by atoms with Crippen LogP contribution in [-0.2, 0) is 6.54 Å². The highest BCUT2D eigenvalue weighted by Crippen LogP contribution is 2.13. The average Bonchev–Trinajstić information content (AvgIpc) is 2.67. The van der Waals surface area contributed by atoms with Crippen LogP contribution >= 0.6 is 11.8 Å². The van der Waals surface area contributed by atoms with E-state index in [2.05, 4.69) is 10.1 Å². The van der Waals surface area contributed by atoms with Crippen LogP contribution < -0.4 is 5.73 Å². The van der Waals surface area contributed by atoms with Crippen molar-refractivity contribution in [2.75, 3.05) is 24.6 Å². The van der Waals surface area contributed by atoms with E-state index in [1.54, 1.807) is 0 Å². The Bertz CT molecular complexity index is 397. The van der Waals surface area contributed by atoms with Crippen molar-refractivity contribution < 1.29 is 5.21 Å². The molecule has 0 unspecified atom stereocenters. The molecule has 1 fully saturated rings. The zero-order valence-electron chi connectivity index (χ0n) is 10.4. The second kappa shape index (κ2) is 6.66. The molecule has 3 N–H and O–H groups in total. The van der Waals surface area contributed by atoms with Gasteiger partial charge in [0, 0.05) is 24.4 Å². The van der Waals surface area contributed by atoms with Crippen molar-refractivity contribution >= 4 is 17.6 Å². The average molecular weight is 265 g/mol. The lowest BCUT2D eigenvalue weighted by atomic mass is 10.1. The summed E-state index contributed by atoms with van der Waals surface area (Å²) in [5.74, 6) is 2.66. The van der Waals surface area contributed by atoms with Gasteiger partial charge in [0.05, 0.1) is 0 Å². The van der Waals surface area contributed by atoms with Crippen LogP contribution in [0.5, 0.6) is 0 Å². The number of thioether (sulfide) groups is 1. The van der Waals surface area contributed by atoms with Crippen LogP contribution in [0.15, 0.2) is 29.4 Å². The maximum atomic E-state index is 8.60. The molecular weight excluding hydrogens is 246 g/mol. The monoisotopic (exact) mass is 265 g/mol. The summed E-state index contributed by atoms with van der Waals surface area (Å²) in [7, 11) is 0. The molecule has 1 aromatic carbocycles. The molecule has 4 nitrogen and oxygen atoms in total. The number of nitrogens with two attached hydrogens (primary N) is 1. The fourth-order valence-corrected chi connectivity index (χ4v) is 2.98. The molecule has 0 aromatic heterocycles. The minimum Gasteiger partial charge on any atom is -0.409 e. The Hall–Kier alpha value is -1.20. The third-order valence-corrected chi connectivity index (χ3v) is 4.13. The maximum absolute atomic E-state index is 8.60. The first-order valence-corrected chi connectivity index (χ1v) is 7.32. The quantitative estimate of drug-likeness (QED) is 0.378. The van der Waals surface area contributed by atoms with Crippen molar-refractivity contribution in [1.82, 2.24) is 4.90 Å². The smallest absolute Gasteiger partial charge is 0.170 e. The lowest BCUT2D eigenvalue weighted by molar-refractivity contribution is 0.287. The van der Waals surface area contributed by atoms with Gasteiger partial charge in [-0.25, -0.2) is 0 Å². The lowest BCUT2D eigenvalue weighted by Gasteiger charge is -2.19. The van der Waals surface area contributed by atoms with E-state index >= 15 is 0 Å². The molecule has 1 saturated heterocycles. The number of rotatable bonds is 3. The minimum absolute atomic E-state index is 0.160. The molecule has 0 radical (unpaired) electrons. The Kier molecular flexibility index (Phi) is 4.90. The van der Waals surface area contributed by atoms with E-state index in [1.165, 1.54) is 30.0 Å². The van der Waals surface area contributed by atoms with Crippen molar-refractivity contribution in [2.45, 2.75) is 13.0 Å². The van der Waals surface area contributed by atoms with Crippen LogP contribution in [0.3, 0.4) is 0 Å². The predicted molar refractivity (Wildman–Crippen MR) is 76.2 cm³/mol. The molecule has 5 heteroatoms. The van der Waals surface area contributed by atoms with E-state index in [4.69, 9.17) is 10.9 Å². The fourth-order valence-electron chi connectivity index (χ4n) is 2.05. The summed E-state index contributed by atoms with van der Waals surface area (Å²) >= 11 is 2.04. The molecule has 0 spiro atoms. The van der Waals surface area contributed by atoms with Crippen LogP contribution in [0.4, 0.5) is 0 Å². The second-order valence-electron chi connectivity index (χ2n) is 4.42. The first-order chi connectivity index (χ1) is 8.79. The van der Waals surface area contributed by atoms with Gasteiger partial charge in [0.15, 0.2) is 5.84 Å². The van der Waals surface area contributed by atoms with Gasteiger partial charge in [-0.1, -0.05) is 29.4 Å². The second-order valence-corrected chi connectivity index (χ2v) is 5.65. The van der Waals surface area contributed by atoms with E-state index in [0.717, 1.165) is 18.7 Å². The van der Waals surface area contributed by atoms with Crippen LogP contribution in [-0.4, -0.2) is 40.5 Å². The first kappa shape index (κ1) is 13.2. The lowest BCUT2D eigenvalue weighted by Crippen LogP contribution is -2.25. The summed E-state index contributed by atoms with van der Waals surface area (Å²) in [5.41, 5.74) is 7.57. The van der Waals surface area contributed by atoms with Crippen molar-refractivity contribution in [1.29, 1.82) is 0 Å². The molecule has 1 aliphatic heterocycles. The van der Waals surface area contributed by atoms with Gasteiger partial charge >= 0.3 is 0 Å². The Morgan fingerprint density at radius 3 is 2.78 bits per heavy atom. The third-order valence-electron chi connectivity index (χ3n) is 3.08. The number of benzene rings is 1. The molecule has 1 aromatic rings. The fraction of sp³-hybridized carbons (Fsp3) is 0.462. The van der Waals surface area contributed by atoms with E-state index in [1.807, 2.05) is 36.0 Å². The molecule has 1 heterocycles. The molecule has 98 valence electrons. The maximum Gasteiger partial charge on any atom is 0.170 e. The van der Waals surface area contributed by atoms with Gasteiger partial charge < -0.3 is 10.9 Å². The zero-order valence-corrected chi connectivity index (χ0v) is 11.2. The SMILES string of the molecule is N/C(=N/O)c1ccc(CN2CCCSCC2)cc1. The predicted octanol–water partition coefficient (Wildman–Crippen LogP) is 1.72. The van der Waals surface area contributed by atoms with Crippen molar-refractivity contribution in [3.63, 3.8) is 0 Å². The Morgan fingerprint density at radius 1 is 1.28 bits per heavy atom. The summed E-state index contributed by atoms with van der Waals surface area (Å²) in [6.07, 6.45) is 1.27. The van der Waals surface area contributed by atoms with Crippen molar-refractivity contribution in [2.24, 2.45) is 10.9 Å². The molecule has 0 atom stereocenters. The van der Waals surface area contributed by atoms with Crippen molar-refractivity contribution in [3.8, 4) is 0 Å². The topological polar surface area (TPSA) is 61.9 Å². The Labute approximate surface area is 112 Å². The van der Waals surface area contributed by atoms with Gasteiger partial charge in [-0.15, -0.1) is 0 Å². The molecule has 0 amide bonds. The Morgan fingerprint density at radius 2 is 2.06 bits per heavy atom. The van der Waals surface area contributed by atoms with Gasteiger partial charge in [0.2, 0.25) is 0 Å². The molecule has 1 aliphatic rings. The summed E-state index contributed by atoms with van der Waals surface area (Å²) in [6, 6.07) is 7.89. The highest BCUT2D eigenvalue weighted by molar-refractivity contribution is 7.99. The molecule has 0 bridgehead atoms. The van der Waals surface area contributed by atoms with E-state index in [9.17, 15) is 0 Å². The standard InChI is InChI=1S/C13H19N3OS/c14-13(15-17)12-4-2-11(3-5-12)10-16-6-1-8-18-9-7-16/h2-5,17H,1,6-10H2,(H2,14,15). The van der Waals surface area contributed by atoms with Gasteiger partial charge in [0.1, 0.15) is 0 Å². The van der Waals surface area contributed by atoms with Crippen LogP contribution in [0.25, 0.3) is 0 Å². The summed E-state index contributed by atoms with van der Waals surface area (Å²) < 4.78 is 0. The number of hydrogen-bond acceptors (Lipinski definition) is 4. The number of oxime groups is 1. The molecule has 0 aliphatic carbocycles. The summed E-state index contributed by atoms with van der Waals surface area (Å²) in [4.78, 5) is 2.48. The van der Waals surface area contributed by atoms with Crippen LogP contribution in [0.1, 0.15) is 17.5 Å². The summed E-state index contributed by atoms with van der Waals surface area (Å²) in [6.45, 7) is 3.32. The van der Waals surface area contributed by atoms with E-state index in [-0.39, 0.29) is 5.84 Å².